The summed E-state index contributed by atoms with van der Waals surface area (Å²) in [4.78, 5) is 14.1. The second-order valence-electron chi connectivity index (χ2n) is 12.2. The van der Waals surface area contributed by atoms with E-state index in [9.17, 15) is 0 Å². The van der Waals surface area contributed by atoms with Crippen LogP contribution in [0.1, 0.15) is 0 Å². The SMILES string of the molecule is [B]c1c([B])c([B])c(-c2ccc3c(c2)oc2ccc(-c4nc(-c5c([B])c([B])c([B])c([B])c5[B])nc(-c5c([B])c([B])c([B])c([B])c5[B])n4)cc23)c([B])c1[B]. The number of rotatable bonds is 4. The second-order valence-corrected chi connectivity index (χ2v) is 12.2. The largest absolute Gasteiger partial charge is 0.456 e. The molecule has 2 heterocycles. The number of furan rings is 1. The molecule has 30 radical (unpaired) electrons. The molecule has 4 nitrogen and oxygen atoms in total. The fourth-order valence-corrected chi connectivity index (χ4v) is 6.14. The number of benzene rings is 5. The molecule has 0 unspecified atom stereocenters. The first-order valence-corrected chi connectivity index (χ1v) is 15.3. The third kappa shape index (κ3) is 5.48. The molecule has 2 aromatic heterocycles. The van der Waals surface area contributed by atoms with Crippen LogP contribution in [0.2, 0.25) is 0 Å². The number of hydrogen-bond donors (Lipinski definition) is 0. The zero-order valence-corrected chi connectivity index (χ0v) is 27.4. The zero-order chi connectivity index (χ0) is 37.7. The van der Waals surface area contributed by atoms with E-state index >= 15 is 0 Å². The fourth-order valence-electron chi connectivity index (χ4n) is 6.14. The highest BCUT2D eigenvalue weighted by Crippen LogP contribution is 2.34. The van der Waals surface area contributed by atoms with Crippen molar-refractivity contribution in [1.82, 2.24) is 15.0 Å². The first-order valence-electron chi connectivity index (χ1n) is 15.3. The van der Waals surface area contributed by atoms with E-state index in [1.165, 1.54) is 0 Å². The lowest BCUT2D eigenvalue weighted by atomic mass is 9.59. The Balaban J connectivity index is 1.47. The first-order chi connectivity index (χ1) is 24.5. The fraction of sp³-hybridized carbons (Fsp3) is 0. The van der Waals surface area contributed by atoms with Crippen molar-refractivity contribution in [3.8, 4) is 45.3 Å². The van der Waals surface area contributed by atoms with Gasteiger partial charge in [0.25, 0.3) is 0 Å². The van der Waals surface area contributed by atoms with Gasteiger partial charge in [-0.25, -0.2) is 15.0 Å². The summed E-state index contributed by atoms with van der Waals surface area (Å²) < 4.78 is 6.23. The lowest BCUT2D eigenvalue weighted by Crippen LogP contribution is -2.55. The minimum atomic E-state index is -0.0276. The Morgan fingerprint density at radius 1 is 0.308 bits per heavy atom. The number of fused-ring (bicyclic) bond motifs is 3. The van der Waals surface area contributed by atoms with Crippen molar-refractivity contribution >= 4 is 222 Å². The molecule has 0 atom stereocenters. The van der Waals surface area contributed by atoms with Gasteiger partial charge in [-0.2, -0.15) is 0 Å². The van der Waals surface area contributed by atoms with E-state index in [1.807, 2.05) is 18.2 Å². The van der Waals surface area contributed by atoms with Crippen LogP contribution in [0.3, 0.4) is 0 Å². The predicted octanol–water partition coefficient (Wildman–Crippen LogP) is -9.65. The van der Waals surface area contributed by atoms with Crippen LogP contribution < -0.4 is 81.9 Å². The standard InChI is InChI=1S/C33H6B15N3O/c34-16-13(17(35)23(41)28(46)22(16)40)7-1-3-9-10-5-8(2-4-11(10)52-12(9)6-7)31-49-32(14-18(36)24(42)29(47)25(43)19(14)37)51-33(50-31)15-20(38)26(44)30(48)27(45)21(15)39/h1-6H. The lowest BCUT2D eigenvalue weighted by molar-refractivity contribution is 0.669. The quantitative estimate of drug-likeness (QED) is 0.183. The van der Waals surface area contributed by atoms with Gasteiger partial charge in [0, 0.05) is 27.5 Å². The highest BCUT2D eigenvalue weighted by Gasteiger charge is 2.22. The zero-order valence-electron chi connectivity index (χ0n) is 27.4. The molecule has 7 rings (SSSR count). The van der Waals surface area contributed by atoms with Gasteiger partial charge in [0.2, 0.25) is 0 Å². The molecule has 7 aromatic rings. The Hall–Kier alpha value is -4.12. The lowest BCUT2D eigenvalue weighted by Gasteiger charge is -2.22. The molecule has 5 aromatic carbocycles. The van der Waals surface area contributed by atoms with Gasteiger partial charge in [0.15, 0.2) is 17.5 Å². The van der Waals surface area contributed by atoms with Gasteiger partial charge in [-0.05, 0) is 41.5 Å². The third-order valence-electron chi connectivity index (χ3n) is 9.20. The van der Waals surface area contributed by atoms with Crippen LogP contribution in [0.15, 0.2) is 40.8 Å². The Morgan fingerprint density at radius 2 is 0.673 bits per heavy atom. The maximum atomic E-state index is 6.41. The number of nitrogens with zero attached hydrogens (tertiary/aromatic N) is 3. The first kappa shape index (κ1) is 36.3. The number of hydrogen-bond acceptors (Lipinski definition) is 4. The maximum absolute atomic E-state index is 6.41. The molecular weight excluding hydrogens is 617 g/mol. The van der Waals surface area contributed by atoms with E-state index < -0.39 is 0 Å². The summed E-state index contributed by atoms with van der Waals surface area (Å²) in [6.45, 7) is 0. The summed E-state index contributed by atoms with van der Waals surface area (Å²) in [5, 5.41) is 1.45. The molecule has 0 bridgehead atoms. The molecule has 0 spiro atoms. The summed E-state index contributed by atoms with van der Waals surface area (Å²) in [6.07, 6.45) is 0. The molecule has 0 aliphatic heterocycles. The summed E-state index contributed by atoms with van der Waals surface area (Å²) >= 11 is 0. The molecule has 0 N–H and O–H groups in total. The van der Waals surface area contributed by atoms with E-state index in [0.717, 1.165) is 5.39 Å². The van der Waals surface area contributed by atoms with Crippen LogP contribution in [0.4, 0.5) is 0 Å². The Kier molecular flexibility index (Phi) is 9.12. The van der Waals surface area contributed by atoms with Crippen molar-refractivity contribution in [2.45, 2.75) is 0 Å². The van der Waals surface area contributed by atoms with Gasteiger partial charge in [0.1, 0.15) is 129 Å². The molecule has 204 valence electrons. The monoisotopic (exact) mass is 625 g/mol. The van der Waals surface area contributed by atoms with Crippen molar-refractivity contribution in [3.63, 3.8) is 0 Å². The van der Waals surface area contributed by atoms with Crippen molar-refractivity contribution < 1.29 is 4.42 Å². The molecule has 0 fully saturated rings. The van der Waals surface area contributed by atoms with E-state index in [0.29, 0.717) is 33.2 Å². The molecular formula is C33H6B15N3O. The van der Waals surface area contributed by atoms with Crippen LogP contribution >= 0.6 is 0 Å². The predicted molar refractivity (Wildman–Crippen MR) is 230 cm³/mol. The summed E-state index contributed by atoms with van der Waals surface area (Å²) in [5.41, 5.74) is 3.52. The molecule has 0 aliphatic rings. The van der Waals surface area contributed by atoms with Crippen LogP contribution in [0, 0.1) is 0 Å². The van der Waals surface area contributed by atoms with Gasteiger partial charge >= 0.3 is 0 Å². The molecule has 0 saturated heterocycles. The van der Waals surface area contributed by atoms with Crippen molar-refractivity contribution in [1.29, 1.82) is 0 Å². The van der Waals surface area contributed by atoms with Gasteiger partial charge in [-0.3, -0.25) is 0 Å². The average Bonchev–Trinajstić information content (AvgIpc) is 3.50. The molecule has 0 aliphatic carbocycles. The molecule has 19 heteroatoms. The van der Waals surface area contributed by atoms with E-state index in [2.05, 4.69) is 4.98 Å². The van der Waals surface area contributed by atoms with Crippen LogP contribution in [0.25, 0.3) is 67.2 Å². The normalized spacial score (nSPS) is 11.5. The van der Waals surface area contributed by atoms with Crippen molar-refractivity contribution in [3.05, 3.63) is 36.4 Å². The minimum absolute atomic E-state index is 0.00923. The van der Waals surface area contributed by atoms with Crippen molar-refractivity contribution in [2.24, 2.45) is 0 Å². The van der Waals surface area contributed by atoms with Gasteiger partial charge < -0.3 is 4.42 Å². The summed E-state index contributed by atoms with van der Waals surface area (Å²) in [6, 6.07) is 10.7. The smallest absolute Gasteiger partial charge is 0.164 e. The third-order valence-corrected chi connectivity index (χ3v) is 9.20. The van der Waals surface area contributed by atoms with Crippen LogP contribution in [-0.2, 0) is 0 Å². The van der Waals surface area contributed by atoms with Gasteiger partial charge in [-0.15, -0.1) is 49.2 Å². The van der Waals surface area contributed by atoms with Crippen molar-refractivity contribution in [2.75, 3.05) is 0 Å². The van der Waals surface area contributed by atoms with E-state index in [4.69, 9.17) is 132 Å². The summed E-state index contributed by atoms with van der Waals surface area (Å²) in [7, 11) is 93.4. The highest BCUT2D eigenvalue weighted by atomic mass is 16.3. The van der Waals surface area contributed by atoms with Gasteiger partial charge in [0.05, 0.1) is 0 Å². The topological polar surface area (TPSA) is 51.8 Å². The Bertz CT molecular complexity index is 2540. The van der Waals surface area contributed by atoms with E-state index in [1.54, 1.807) is 18.2 Å². The summed E-state index contributed by atoms with van der Waals surface area (Å²) in [5.74, 6) is 0.0853. The van der Waals surface area contributed by atoms with Gasteiger partial charge in [-0.1, -0.05) is 38.8 Å². The molecule has 52 heavy (non-hydrogen) atoms. The molecule has 0 saturated carbocycles. The molecule has 0 amide bonds. The average molecular weight is 623 g/mol. The van der Waals surface area contributed by atoms with Crippen LogP contribution in [0.5, 0.6) is 0 Å². The second kappa shape index (κ2) is 13.1. The van der Waals surface area contributed by atoms with Crippen LogP contribution in [-0.4, -0.2) is 133 Å². The minimum Gasteiger partial charge on any atom is -0.456 e. The highest BCUT2D eigenvalue weighted by molar-refractivity contribution is 6.71. The van der Waals surface area contributed by atoms with E-state index in [-0.39, 0.29) is 111 Å². The number of aromatic nitrogens is 3. The maximum Gasteiger partial charge on any atom is 0.164 e. The Morgan fingerprint density at radius 3 is 1.12 bits per heavy atom. The Labute approximate surface area is 321 Å².